The maximum absolute atomic E-state index is 12.9. The molecule has 186 valence electrons. The molecule has 2 amide bonds. The quantitative estimate of drug-likeness (QED) is 0.340. The van der Waals surface area contributed by atoms with E-state index in [1.807, 2.05) is 50.5 Å². The molecule has 35 heavy (non-hydrogen) atoms. The number of aromatic nitrogens is 3. The first-order valence-corrected chi connectivity index (χ1v) is 13.1. The lowest BCUT2D eigenvalue weighted by molar-refractivity contribution is -0.113. The molecule has 9 heteroatoms. The van der Waals surface area contributed by atoms with Gasteiger partial charge in [-0.15, -0.1) is 10.2 Å². The van der Waals surface area contributed by atoms with E-state index in [0.717, 1.165) is 23.2 Å². The average molecular weight is 514 g/mol. The van der Waals surface area contributed by atoms with Crippen molar-refractivity contribution in [3.8, 4) is 0 Å². The van der Waals surface area contributed by atoms with Crippen LogP contribution in [0.2, 0.25) is 5.02 Å². The number of benzene rings is 2. The minimum Gasteiger partial charge on any atom is -0.342 e. The van der Waals surface area contributed by atoms with E-state index < -0.39 is 0 Å². The van der Waals surface area contributed by atoms with Crippen molar-refractivity contribution in [2.24, 2.45) is 5.92 Å². The lowest BCUT2D eigenvalue weighted by atomic mass is 10.0. The van der Waals surface area contributed by atoms with Crippen LogP contribution in [0.4, 0.5) is 5.69 Å². The molecule has 0 spiro atoms. The van der Waals surface area contributed by atoms with Gasteiger partial charge in [0.15, 0.2) is 11.0 Å². The van der Waals surface area contributed by atoms with Gasteiger partial charge < -0.3 is 15.2 Å². The Labute approximate surface area is 216 Å². The van der Waals surface area contributed by atoms with E-state index in [1.54, 1.807) is 24.3 Å². The van der Waals surface area contributed by atoms with Crippen LogP contribution in [0.1, 0.15) is 61.0 Å². The van der Waals surface area contributed by atoms with Gasteiger partial charge in [-0.3, -0.25) is 9.59 Å². The largest absolute Gasteiger partial charge is 0.342 e. The molecular formula is C26H32ClN5O2S. The number of thioether (sulfide) groups is 1. The van der Waals surface area contributed by atoms with Crippen molar-refractivity contribution in [1.82, 2.24) is 20.1 Å². The summed E-state index contributed by atoms with van der Waals surface area (Å²) in [7, 11) is 0. The second-order valence-corrected chi connectivity index (χ2v) is 9.91. The highest BCUT2D eigenvalue weighted by molar-refractivity contribution is 7.99. The van der Waals surface area contributed by atoms with Gasteiger partial charge in [-0.1, -0.05) is 74.5 Å². The first-order chi connectivity index (χ1) is 16.8. The number of carbonyl (C=O) groups excluding carboxylic acids is 2. The summed E-state index contributed by atoms with van der Waals surface area (Å²) in [5, 5.41) is 15.9. The minimum absolute atomic E-state index is 0.0607. The van der Waals surface area contributed by atoms with Crippen LogP contribution in [-0.4, -0.2) is 32.3 Å². The Morgan fingerprint density at radius 3 is 2.49 bits per heavy atom. The third kappa shape index (κ3) is 6.44. The highest BCUT2D eigenvalue weighted by Crippen LogP contribution is 2.27. The molecule has 0 aliphatic carbocycles. The number of amides is 2. The number of hydrogen-bond donors (Lipinski definition) is 2. The number of para-hydroxylation sites is 1. The Balaban J connectivity index is 1.74. The zero-order valence-electron chi connectivity index (χ0n) is 20.8. The first kappa shape index (κ1) is 26.8. The van der Waals surface area contributed by atoms with Crippen LogP contribution < -0.4 is 10.6 Å². The van der Waals surface area contributed by atoms with Crippen LogP contribution in [0.25, 0.3) is 0 Å². The predicted molar refractivity (Wildman–Crippen MR) is 142 cm³/mol. The molecule has 0 radical (unpaired) electrons. The van der Waals surface area contributed by atoms with Gasteiger partial charge in [0, 0.05) is 12.2 Å². The van der Waals surface area contributed by atoms with Crippen LogP contribution in [0.15, 0.2) is 47.6 Å². The topological polar surface area (TPSA) is 88.9 Å². The van der Waals surface area contributed by atoms with Gasteiger partial charge in [-0.25, -0.2) is 0 Å². The minimum atomic E-state index is -0.367. The third-order valence-electron chi connectivity index (χ3n) is 5.75. The highest BCUT2D eigenvalue weighted by atomic mass is 35.5. The number of nitrogens with one attached hydrogen (secondary N) is 2. The van der Waals surface area contributed by atoms with Crippen LogP contribution in [0, 0.1) is 12.8 Å². The van der Waals surface area contributed by atoms with Crippen LogP contribution >= 0.6 is 23.4 Å². The SMILES string of the molecule is CCc1cccc(C)c1NC(=O)CSc1nnc([C@H](NC(=O)c2ccccc2Cl)C(C)C)n1CC. The summed E-state index contributed by atoms with van der Waals surface area (Å²) >= 11 is 7.54. The van der Waals surface area contributed by atoms with E-state index in [0.29, 0.717) is 28.1 Å². The fourth-order valence-corrected chi connectivity index (χ4v) is 4.87. The number of nitrogens with zero attached hydrogens (tertiary/aromatic N) is 3. The first-order valence-electron chi connectivity index (χ1n) is 11.8. The molecular weight excluding hydrogens is 482 g/mol. The summed E-state index contributed by atoms with van der Waals surface area (Å²) in [4.78, 5) is 25.6. The van der Waals surface area contributed by atoms with Gasteiger partial charge in [-0.05, 0) is 49.4 Å². The molecule has 1 atom stereocenters. The molecule has 0 saturated heterocycles. The second kappa shape index (κ2) is 12.2. The van der Waals surface area contributed by atoms with Crippen molar-refractivity contribution in [3.63, 3.8) is 0 Å². The van der Waals surface area contributed by atoms with Crippen molar-refractivity contribution in [2.75, 3.05) is 11.1 Å². The Hall–Kier alpha value is -2.84. The van der Waals surface area contributed by atoms with Crippen molar-refractivity contribution in [1.29, 1.82) is 0 Å². The van der Waals surface area contributed by atoms with Gasteiger partial charge in [0.2, 0.25) is 5.91 Å². The summed E-state index contributed by atoms with van der Waals surface area (Å²) in [5.74, 6) is 0.550. The van der Waals surface area contributed by atoms with E-state index in [2.05, 4.69) is 27.8 Å². The molecule has 3 rings (SSSR count). The standard InChI is InChI=1S/C26H32ClN5O2S/c1-6-18-12-10-11-17(5)23(18)28-21(33)15-35-26-31-30-24(32(26)7-2)22(16(3)4)29-25(34)19-13-8-9-14-20(19)27/h8-14,16,22H,6-7,15H2,1-5H3,(H,28,33)(H,29,34)/t22-/m1/s1. The van der Waals surface area contributed by atoms with Crippen LogP contribution in [0.3, 0.4) is 0 Å². The molecule has 0 saturated carbocycles. The van der Waals surface area contributed by atoms with Crippen molar-refractivity contribution in [2.45, 2.75) is 58.8 Å². The number of aryl methyl sites for hydroxylation is 2. The Kier molecular flexibility index (Phi) is 9.34. The maximum Gasteiger partial charge on any atom is 0.253 e. The number of halogens is 1. The van der Waals surface area contributed by atoms with Crippen LogP contribution in [0.5, 0.6) is 0 Å². The second-order valence-electron chi connectivity index (χ2n) is 8.56. The van der Waals surface area contributed by atoms with Crippen molar-refractivity contribution >= 4 is 40.9 Å². The fourth-order valence-electron chi connectivity index (χ4n) is 3.84. The monoisotopic (exact) mass is 513 g/mol. The number of anilines is 1. The predicted octanol–water partition coefficient (Wildman–Crippen LogP) is 5.68. The zero-order valence-corrected chi connectivity index (χ0v) is 22.3. The zero-order chi connectivity index (χ0) is 25.5. The Morgan fingerprint density at radius 2 is 1.83 bits per heavy atom. The van der Waals surface area contributed by atoms with E-state index in [1.165, 1.54) is 11.8 Å². The number of hydrogen-bond acceptors (Lipinski definition) is 5. The van der Waals surface area contributed by atoms with Gasteiger partial charge in [0.1, 0.15) is 0 Å². The Bertz CT molecular complexity index is 1190. The van der Waals surface area contributed by atoms with Gasteiger partial charge in [0.05, 0.1) is 22.4 Å². The average Bonchev–Trinajstić information content (AvgIpc) is 3.24. The lowest BCUT2D eigenvalue weighted by Crippen LogP contribution is -2.34. The van der Waals surface area contributed by atoms with E-state index >= 15 is 0 Å². The number of carbonyl (C=O) groups is 2. The Morgan fingerprint density at radius 1 is 1.09 bits per heavy atom. The molecule has 0 aliphatic heterocycles. The van der Waals surface area contributed by atoms with E-state index in [9.17, 15) is 9.59 Å². The molecule has 1 heterocycles. The van der Waals surface area contributed by atoms with Gasteiger partial charge in [0.25, 0.3) is 5.91 Å². The summed E-state index contributed by atoms with van der Waals surface area (Å²) < 4.78 is 1.95. The molecule has 2 N–H and O–H groups in total. The van der Waals surface area contributed by atoms with E-state index in [-0.39, 0.29) is 29.5 Å². The van der Waals surface area contributed by atoms with Crippen molar-refractivity contribution < 1.29 is 9.59 Å². The van der Waals surface area contributed by atoms with E-state index in [4.69, 9.17) is 11.6 Å². The third-order valence-corrected chi connectivity index (χ3v) is 7.04. The number of rotatable bonds is 10. The fraction of sp³-hybridized carbons (Fsp3) is 0.385. The molecule has 0 unspecified atom stereocenters. The molecule has 0 aliphatic rings. The summed E-state index contributed by atoms with van der Waals surface area (Å²) in [6.07, 6.45) is 0.842. The molecule has 0 bridgehead atoms. The summed E-state index contributed by atoms with van der Waals surface area (Å²) in [6.45, 7) is 10.7. The molecule has 3 aromatic rings. The van der Waals surface area contributed by atoms with Crippen molar-refractivity contribution in [3.05, 3.63) is 70.0 Å². The normalized spacial score (nSPS) is 12.0. The van der Waals surface area contributed by atoms with Gasteiger partial charge in [-0.2, -0.15) is 0 Å². The summed E-state index contributed by atoms with van der Waals surface area (Å²) in [6, 6.07) is 12.6. The molecule has 0 fully saturated rings. The lowest BCUT2D eigenvalue weighted by Gasteiger charge is -2.22. The highest BCUT2D eigenvalue weighted by Gasteiger charge is 2.27. The molecule has 7 nitrogen and oxygen atoms in total. The van der Waals surface area contributed by atoms with Crippen LogP contribution in [-0.2, 0) is 17.8 Å². The molecule has 1 aromatic heterocycles. The van der Waals surface area contributed by atoms with Gasteiger partial charge >= 0.3 is 0 Å². The smallest absolute Gasteiger partial charge is 0.253 e. The molecule has 2 aromatic carbocycles. The summed E-state index contributed by atoms with van der Waals surface area (Å²) in [5.41, 5.74) is 3.43. The maximum atomic E-state index is 12.9.